The second kappa shape index (κ2) is 5.38. The molecule has 1 saturated heterocycles. The number of hydrogen-bond acceptors (Lipinski definition) is 3. The highest BCUT2D eigenvalue weighted by Crippen LogP contribution is 2.26. The van der Waals surface area contributed by atoms with E-state index in [1.54, 1.807) is 20.8 Å². The SMILES string of the molecule is CC(C)(C)OC(=O)[C@@H]1CCCN1C(=O)CC(F)(F)F. The third-order valence-electron chi connectivity index (χ3n) is 2.60. The fourth-order valence-electron chi connectivity index (χ4n) is 1.95. The van der Waals surface area contributed by atoms with E-state index in [2.05, 4.69) is 0 Å². The number of nitrogens with zero attached hydrogens (tertiary/aromatic N) is 1. The average molecular weight is 281 g/mol. The predicted molar refractivity (Wildman–Crippen MR) is 61.3 cm³/mol. The quantitative estimate of drug-likeness (QED) is 0.729. The molecule has 1 fully saturated rings. The summed E-state index contributed by atoms with van der Waals surface area (Å²) in [5.74, 6) is -1.71. The first kappa shape index (κ1) is 15.8. The van der Waals surface area contributed by atoms with Gasteiger partial charge in [0.25, 0.3) is 0 Å². The molecule has 110 valence electrons. The molecule has 19 heavy (non-hydrogen) atoms. The normalized spacial score (nSPS) is 20.5. The van der Waals surface area contributed by atoms with E-state index in [4.69, 9.17) is 4.74 Å². The number of alkyl halides is 3. The first-order chi connectivity index (χ1) is 8.49. The average Bonchev–Trinajstić information content (AvgIpc) is 2.59. The van der Waals surface area contributed by atoms with Gasteiger partial charge in [-0.2, -0.15) is 13.2 Å². The molecule has 0 unspecified atom stereocenters. The van der Waals surface area contributed by atoms with Gasteiger partial charge < -0.3 is 9.64 Å². The first-order valence-electron chi connectivity index (χ1n) is 6.09. The van der Waals surface area contributed by atoms with E-state index < -0.39 is 36.1 Å². The molecular formula is C12H18F3NO3. The summed E-state index contributed by atoms with van der Waals surface area (Å²) in [5, 5.41) is 0. The van der Waals surface area contributed by atoms with Gasteiger partial charge in [-0.3, -0.25) is 4.79 Å². The molecule has 7 heteroatoms. The van der Waals surface area contributed by atoms with Gasteiger partial charge in [-0.25, -0.2) is 4.79 Å². The van der Waals surface area contributed by atoms with Crippen LogP contribution < -0.4 is 0 Å². The Labute approximate surface area is 109 Å². The zero-order valence-corrected chi connectivity index (χ0v) is 11.2. The van der Waals surface area contributed by atoms with Crippen LogP contribution in [0.25, 0.3) is 0 Å². The molecule has 0 saturated carbocycles. The molecule has 0 bridgehead atoms. The molecule has 0 N–H and O–H groups in total. The molecule has 1 heterocycles. The summed E-state index contributed by atoms with van der Waals surface area (Å²) in [6.07, 6.45) is -5.24. The monoisotopic (exact) mass is 281 g/mol. The summed E-state index contributed by atoms with van der Waals surface area (Å²) in [4.78, 5) is 24.4. The number of esters is 1. The van der Waals surface area contributed by atoms with Crippen molar-refractivity contribution in [3.8, 4) is 0 Å². The fraction of sp³-hybridized carbons (Fsp3) is 0.833. The zero-order valence-electron chi connectivity index (χ0n) is 11.2. The minimum atomic E-state index is -4.56. The van der Waals surface area contributed by atoms with E-state index in [0.29, 0.717) is 12.8 Å². The third-order valence-corrected chi connectivity index (χ3v) is 2.60. The number of carbonyl (C=O) groups is 2. The number of likely N-dealkylation sites (tertiary alicyclic amines) is 1. The van der Waals surface area contributed by atoms with Crippen LogP contribution in [-0.4, -0.2) is 41.1 Å². The Hall–Kier alpha value is -1.27. The van der Waals surface area contributed by atoms with E-state index in [1.165, 1.54) is 0 Å². The Balaban J connectivity index is 2.69. The molecule has 0 aromatic carbocycles. The van der Waals surface area contributed by atoms with Crippen molar-refractivity contribution in [2.45, 2.75) is 57.9 Å². The largest absolute Gasteiger partial charge is 0.458 e. The van der Waals surface area contributed by atoms with Crippen molar-refractivity contribution >= 4 is 11.9 Å². The number of hydrogen-bond donors (Lipinski definition) is 0. The maximum absolute atomic E-state index is 12.2. The molecule has 0 radical (unpaired) electrons. The van der Waals surface area contributed by atoms with Gasteiger partial charge in [-0.05, 0) is 33.6 Å². The van der Waals surface area contributed by atoms with Gasteiger partial charge >= 0.3 is 12.1 Å². The molecule has 1 atom stereocenters. The summed E-state index contributed by atoms with van der Waals surface area (Å²) < 4.78 is 41.7. The van der Waals surface area contributed by atoms with Gasteiger partial charge in [0.15, 0.2) is 0 Å². The van der Waals surface area contributed by atoms with Crippen LogP contribution in [-0.2, 0) is 14.3 Å². The second-order valence-corrected chi connectivity index (χ2v) is 5.57. The van der Waals surface area contributed by atoms with Crippen molar-refractivity contribution in [2.75, 3.05) is 6.54 Å². The van der Waals surface area contributed by atoms with Gasteiger partial charge in [-0.1, -0.05) is 0 Å². The first-order valence-corrected chi connectivity index (χ1v) is 6.09. The lowest BCUT2D eigenvalue weighted by Crippen LogP contribution is -2.44. The summed E-state index contributed by atoms with van der Waals surface area (Å²) in [5.41, 5.74) is -0.724. The molecule has 0 aromatic rings. The molecule has 0 spiro atoms. The predicted octanol–water partition coefficient (Wildman–Crippen LogP) is 2.27. The van der Waals surface area contributed by atoms with Gasteiger partial charge in [0, 0.05) is 6.54 Å². The van der Waals surface area contributed by atoms with Crippen LogP contribution in [0.1, 0.15) is 40.0 Å². The fourth-order valence-corrected chi connectivity index (χ4v) is 1.95. The van der Waals surface area contributed by atoms with Crippen LogP contribution >= 0.6 is 0 Å². The Morgan fingerprint density at radius 2 is 1.84 bits per heavy atom. The molecule has 1 aliphatic rings. The van der Waals surface area contributed by atoms with E-state index in [1.807, 2.05) is 0 Å². The van der Waals surface area contributed by atoms with Gasteiger partial charge in [0.1, 0.15) is 18.1 Å². The molecule has 4 nitrogen and oxygen atoms in total. The Morgan fingerprint density at radius 1 is 1.26 bits per heavy atom. The Kier molecular flexibility index (Phi) is 4.47. The maximum atomic E-state index is 12.2. The van der Waals surface area contributed by atoms with Crippen molar-refractivity contribution in [3.05, 3.63) is 0 Å². The molecule has 1 rings (SSSR count). The van der Waals surface area contributed by atoms with E-state index in [9.17, 15) is 22.8 Å². The minimum absolute atomic E-state index is 0.165. The number of amides is 1. The molecular weight excluding hydrogens is 263 g/mol. The van der Waals surface area contributed by atoms with Gasteiger partial charge in [-0.15, -0.1) is 0 Å². The lowest BCUT2D eigenvalue weighted by Gasteiger charge is -2.27. The summed E-state index contributed by atoms with van der Waals surface area (Å²) in [6.45, 7) is 5.17. The summed E-state index contributed by atoms with van der Waals surface area (Å²) >= 11 is 0. The van der Waals surface area contributed by atoms with E-state index >= 15 is 0 Å². The summed E-state index contributed by atoms with van der Waals surface area (Å²) in [6, 6.07) is -0.894. The van der Waals surface area contributed by atoms with Crippen molar-refractivity contribution in [1.29, 1.82) is 0 Å². The van der Waals surface area contributed by atoms with Crippen LogP contribution in [0, 0.1) is 0 Å². The third kappa shape index (κ3) is 5.08. The number of ether oxygens (including phenoxy) is 1. The van der Waals surface area contributed by atoms with E-state index in [-0.39, 0.29) is 6.54 Å². The highest BCUT2D eigenvalue weighted by molar-refractivity contribution is 5.85. The molecule has 1 aliphatic heterocycles. The van der Waals surface area contributed by atoms with Gasteiger partial charge in [0.2, 0.25) is 5.91 Å². The number of halogens is 3. The summed E-state index contributed by atoms with van der Waals surface area (Å²) in [7, 11) is 0. The van der Waals surface area contributed by atoms with Crippen LogP contribution in [0.5, 0.6) is 0 Å². The lowest BCUT2D eigenvalue weighted by atomic mass is 10.1. The highest BCUT2D eigenvalue weighted by Gasteiger charge is 2.41. The minimum Gasteiger partial charge on any atom is -0.458 e. The smallest absolute Gasteiger partial charge is 0.397 e. The number of carbonyl (C=O) groups excluding carboxylic acids is 2. The zero-order chi connectivity index (χ0) is 14.8. The van der Waals surface area contributed by atoms with Crippen molar-refractivity contribution < 1.29 is 27.5 Å². The van der Waals surface area contributed by atoms with Crippen LogP contribution in [0.4, 0.5) is 13.2 Å². The maximum Gasteiger partial charge on any atom is 0.397 e. The Morgan fingerprint density at radius 3 is 2.32 bits per heavy atom. The Bertz CT molecular complexity index is 326. The highest BCUT2D eigenvalue weighted by atomic mass is 19.4. The van der Waals surface area contributed by atoms with Crippen molar-refractivity contribution in [2.24, 2.45) is 0 Å². The number of rotatable bonds is 2. The molecule has 1 amide bonds. The van der Waals surface area contributed by atoms with Crippen molar-refractivity contribution in [3.63, 3.8) is 0 Å². The van der Waals surface area contributed by atoms with Gasteiger partial charge in [0.05, 0.1) is 0 Å². The molecule has 0 aliphatic carbocycles. The van der Waals surface area contributed by atoms with Crippen LogP contribution in [0.15, 0.2) is 0 Å². The molecule has 0 aromatic heterocycles. The van der Waals surface area contributed by atoms with E-state index in [0.717, 1.165) is 4.90 Å². The van der Waals surface area contributed by atoms with Crippen LogP contribution in [0.2, 0.25) is 0 Å². The second-order valence-electron chi connectivity index (χ2n) is 5.57. The van der Waals surface area contributed by atoms with Crippen molar-refractivity contribution in [1.82, 2.24) is 4.90 Å². The topological polar surface area (TPSA) is 46.6 Å². The standard InChI is InChI=1S/C12H18F3NO3/c1-11(2,3)19-10(18)8-5-4-6-16(8)9(17)7-12(13,14)15/h8H,4-7H2,1-3H3/t8-/m0/s1. The van der Waals surface area contributed by atoms with Crippen LogP contribution in [0.3, 0.4) is 0 Å². The lowest BCUT2D eigenvalue weighted by molar-refractivity contribution is -0.171.